The number of ketones is 1. The quantitative estimate of drug-likeness (QED) is 0.0553. The zero-order valence-corrected chi connectivity index (χ0v) is 26.1. The molecular weight excluding hydrogens is 631 g/mol. The number of benzene rings is 3. The van der Waals surface area contributed by atoms with Gasteiger partial charge in [-0.1, -0.05) is 72.3 Å². The van der Waals surface area contributed by atoms with Crippen LogP contribution in [0.4, 0.5) is 16.0 Å². The van der Waals surface area contributed by atoms with Crippen molar-refractivity contribution in [1.82, 2.24) is 15.3 Å². The van der Waals surface area contributed by atoms with Crippen LogP contribution in [0.25, 0.3) is 0 Å². The molecule has 48 heavy (non-hydrogen) atoms. The molecule has 0 bridgehead atoms. The molecule has 3 N–H and O–H groups in total. The number of nitrogens with one attached hydrogen (secondary N) is 3. The minimum absolute atomic E-state index is 0.146. The maximum atomic E-state index is 13.4. The van der Waals surface area contributed by atoms with E-state index in [4.69, 9.17) is 26.7 Å². The molecule has 5 aromatic rings. The van der Waals surface area contributed by atoms with Gasteiger partial charge in [0.05, 0.1) is 11.9 Å². The molecule has 0 aliphatic heterocycles. The van der Waals surface area contributed by atoms with E-state index in [0.717, 1.165) is 36.1 Å². The van der Waals surface area contributed by atoms with Gasteiger partial charge in [-0.2, -0.15) is 0 Å². The van der Waals surface area contributed by atoms with E-state index in [9.17, 15) is 14.0 Å². The Balaban J connectivity index is 1.18. The second kappa shape index (κ2) is 14.6. The molecular formula is C37H28ClFN6O3. The zero-order chi connectivity index (χ0) is 33.5. The van der Waals surface area contributed by atoms with Crippen molar-refractivity contribution >= 4 is 46.4 Å². The lowest BCUT2D eigenvalue weighted by atomic mass is 10.0. The van der Waals surface area contributed by atoms with E-state index < -0.39 is 23.2 Å². The highest BCUT2D eigenvalue weighted by molar-refractivity contribution is 6.55. The Bertz CT molecular complexity index is 1970. The van der Waals surface area contributed by atoms with Crippen molar-refractivity contribution in [3.63, 3.8) is 0 Å². The van der Waals surface area contributed by atoms with Crippen LogP contribution < -0.4 is 15.4 Å². The Morgan fingerprint density at radius 3 is 2.15 bits per heavy atom. The monoisotopic (exact) mass is 658 g/mol. The number of nitrogens with zero attached hydrogens (tertiary/aromatic N) is 3. The van der Waals surface area contributed by atoms with E-state index in [-0.39, 0.29) is 33.8 Å². The van der Waals surface area contributed by atoms with Crippen LogP contribution in [0.15, 0.2) is 132 Å². The molecule has 0 saturated heterocycles. The molecule has 1 aliphatic carbocycles. The number of hydrogen-bond acceptors (Lipinski definition) is 8. The number of pyridine rings is 2. The van der Waals surface area contributed by atoms with Gasteiger partial charge in [0.1, 0.15) is 33.7 Å². The summed E-state index contributed by atoms with van der Waals surface area (Å²) in [5.41, 5.74) is 1.95. The molecule has 1 saturated carbocycles. The molecule has 1 amide bonds. The number of carbonyl (C=O) groups excluding carboxylic acids is 2. The molecule has 3 aromatic carbocycles. The van der Waals surface area contributed by atoms with Gasteiger partial charge in [-0.25, -0.2) is 19.4 Å². The molecule has 2 heterocycles. The molecule has 238 valence electrons. The molecule has 1 fully saturated rings. The minimum Gasteiger partial charge on any atom is -0.454 e. The molecule has 1 aliphatic rings. The predicted molar refractivity (Wildman–Crippen MR) is 183 cm³/mol. The van der Waals surface area contributed by atoms with Crippen LogP contribution >= 0.6 is 11.6 Å². The number of ether oxygens (including phenoxy) is 1. The van der Waals surface area contributed by atoms with Crippen molar-refractivity contribution < 1.29 is 18.7 Å². The van der Waals surface area contributed by atoms with Crippen LogP contribution in [0.3, 0.4) is 0 Å². The summed E-state index contributed by atoms with van der Waals surface area (Å²) >= 11 is 6.72. The lowest BCUT2D eigenvalue weighted by Gasteiger charge is -2.12. The summed E-state index contributed by atoms with van der Waals surface area (Å²) in [6.07, 6.45) is 6.07. The van der Waals surface area contributed by atoms with Gasteiger partial charge in [-0.15, -0.1) is 0 Å². The summed E-state index contributed by atoms with van der Waals surface area (Å²) in [6, 6.07) is 29.2. The van der Waals surface area contributed by atoms with Gasteiger partial charge in [0.25, 0.3) is 5.91 Å². The zero-order valence-electron chi connectivity index (χ0n) is 25.4. The average Bonchev–Trinajstić information content (AvgIpc) is 3.95. The van der Waals surface area contributed by atoms with Crippen LogP contribution in [0.2, 0.25) is 5.02 Å². The molecule has 9 nitrogen and oxygen atoms in total. The number of rotatable bonds is 12. The topological polar surface area (TPSA) is 129 Å². The number of amides is 1. The van der Waals surface area contributed by atoms with Crippen molar-refractivity contribution in [2.24, 2.45) is 4.99 Å². The maximum absolute atomic E-state index is 13.4. The fourth-order valence-electron chi connectivity index (χ4n) is 4.56. The molecule has 0 unspecified atom stereocenters. The third-order valence-corrected chi connectivity index (χ3v) is 7.60. The lowest BCUT2D eigenvalue weighted by Crippen LogP contribution is -2.28. The van der Waals surface area contributed by atoms with Gasteiger partial charge in [-0.3, -0.25) is 15.0 Å². The number of anilines is 1. The third-order valence-electron chi connectivity index (χ3n) is 7.24. The van der Waals surface area contributed by atoms with E-state index in [2.05, 4.69) is 20.6 Å². The first-order valence-corrected chi connectivity index (χ1v) is 15.4. The van der Waals surface area contributed by atoms with E-state index in [1.54, 1.807) is 18.3 Å². The molecule has 0 radical (unpaired) electrons. The minimum atomic E-state index is -0.819. The molecule has 6 rings (SSSR count). The molecule has 0 spiro atoms. The summed E-state index contributed by atoms with van der Waals surface area (Å²) in [6.45, 7) is 0. The van der Waals surface area contributed by atoms with E-state index in [1.807, 2.05) is 60.7 Å². The van der Waals surface area contributed by atoms with Gasteiger partial charge < -0.3 is 15.4 Å². The van der Waals surface area contributed by atoms with E-state index in [1.165, 1.54) is 30.6 Å². The fourth-order valence-corrected chi connectivity index (χ4v) is 4.75. The van der Waals surface area contributed by atoms with Crippen molar-refractivity contribution in [3.8, 4) is 11.5 Å². The van der Waals surface area contributed by atoms with Gasteiger partial charge in [0.2, 0.25) is 5.78 Å². The van der Waals surface area contributed by atoms with Gasteiger partial charge in [0.15, 0.2) is 11.6 Å². The highest BCUT2D eigenvalue weighted by Crippen LogP contribution is 2.36. The first-order chi connectivity index (χ1) is 23.4. The number of halogens is 2. The largest absolute Gasteiger partial charge is 0.454 e. The standard InChI is InChI=1S/C37H28ClFN6O3/c38-32-30(19-20-41-36(32)45-34(24-7-3-1-4-8-24)25-9-5-2-6-10-25)48-28-17-18-31(43-21-28)44-37(47)29(22-42-27-15-16-27)35(46)33(40)23-11-13-26(39)14-12-23/h1-14,17-22,27,40,42H,15-16H2,(H,43,44,47)/b29-22+,40-33?. The summed E-state index contributed by atoms with van der Waals surface area (Å²) < 4.78 is 19.4. The maximum Gasteiger partial charge on any atom is 0.262 e. The Morgan fingerprint density at radius 2 is 1.54 bits per heavy atom. The summed E-state index contributed by atoms with van der Waals surface area (Å²) in [7, 11) is 0. The van der Waals surface area contributed by atoms with Gasteiger partial charge >= 0.3 is 0 Å². The van der Waals surface area contributed by atoms with Gasteiger partial charge in [-0.05, 0) is 49.2 Å². The number of hydrogen-bond donors (Lipinski definition) is 3. The Hall–Kier alpha value is -6.00. The first kappa shape index (κ1) is 32.0. The number of aliphatic imine (C=N–C) groups is 1. The van der Waals surface area contributed by atoms with E-state index >= 15 is 0 Å². The van der Waals surface area contributed by atoms with Gasteiger partial charge in [0, 0.05) is 41.2 Å². The Labute approximate surface area is 280 Å². The van der Waals surface area contributed by atoms with Crippen LogP contribution in [0.5, 0.6) is 11.5 Å². The van der Waals surface area contributed by atoms with Crippen molar-refractivity contribution in [1.29, 1.82) is 5.41 Å². The number of aromatic nitrogens is 2. The number of Topliss-reactive ketones (excluding diaryl/α,β-unsaturated/α-hetero) is 1. The highest BCUT2D eigenvalue weighted by Gasteiger charge is 2.26. The number of carbonyl (C=O) groups is 2. The predicted octanol–water partition coefficient (Wildman–Crippen LogP) is 7.44. The van der Waals surface area contributed by atoms with Crippen LogP contribution in [0, 0.1) is 11.2 Å². The van der Waals surface area contributed by atoms with Crippen LogP contribution in [-0.4, -0.2) is 39.1 Å². The summed E-state index contributed by atoms with van der Waals surface area (Å²) in [5.74, 6) is -1.04. The van der Waals surface area contributed by atoms with Crippen LogP contribution in [0.1, 0.15) is 29.5 Å². The third kappa shape index (κ3) is 7.86. The summed E-state index contributed by atoms with van der Waals surface area (Å²) in [4.78, 5) is 39.9. The van der Waals surface area contributed by atoms with Crippen molar-refractivity contribution in [2.45, 2.75) is 18.9 Å². The molecule has 2 aromatic heterocycles. The Morgan fingerprint density at radius 1 is 0.875 bits per heavy atom. The SMILES string of the molecule is N=C(C(=O)/C(=C\NC1CC1)C(=O)Nc1ccc(Oc2ccnc(N=C(c3ccccc3)c3ccccc3)c2Cl)cn1)c1ccc(F)cc1. The van der Waals surface area contributed by atoms with E-state index in [0.29, 0.717) is 17.2 Å². The fraction of sp³-hybridized carbons (Fsp3) is 0.0811. The smallest absolute Gasteiger partial charge is 0.262 e. The van der Waals surface area contributed by atoms with Crippen LogP contribution in [-0.2, 0) is 9.59 Å². The average molecular weight is 659 g/mol. The lowest BCUT2D eigenvalue weighted by molar-refractivity contribution is -0.117. The summed E-state index contributed by atoms with van der Waals surface area (Å²) in [5, 5.41) is 14.2. The van der Waals surface area contributed by atoms with Crippen molar-refractivity contribution in [2.75, 3.05) is 5.32 Å². The Kier molecular flexibility index (Phi) is 9.73. The molecule has 0 atom stereocenters. The molecule has 11 heteroatoms. The van der Waals surface area contributed by atoms with Crippen molar-refractivity contribution in [3.05, 3.63) is 155 Å². The second-order valence-electron chi connectivity index (χ2n) is 10.8. The normalized spacial score (nSPS) is 12.5. The highest BCUT2D eigenvalue weighted by atomic mass is 35.5. The second-order valence-corrected chi connectivity index (χ2v) is 11.2. The first-order valence-electron chi connectivity index (χ1n) is 15.0.